The number of anilines is 1. The molecule has 2 heterocycles. The van der Waals surface area contributed by atoms with Gasteiger partial charge in [-0.1, -0.05) is 16.7 Å². The second-order valence-corrected chi connectivity index (χ2v) is 5.76. The second-order valence-electron chi connectivity index (χ2n) is 5.32. The van der Waals surface area contributed by atoms with Crippen LogP contribution in [0, 0.1) is 5.92 Å². The van der Waals surface area contributed by atoms with Gasteiger partial charge in [0.1, 0.15) is 0 Å². The first-order valence-electron chi connectivity index (χ1n) is 7.22. The van der Waals surface area contributed by atoms with Crippen molar-refractivity contribution in [1.29, 1.82) is 0 Å². The van der Waals surface area contributed by atoms with Gasteiger partial charge in [0.05, 0.1) is 5.92 Å². The molecule has 1 unspecified atom stereocenters. The van der Waals surface area contributed by atoms with E-state index in [0.29, 0.717) is 30.1 Å². The number of aromatic nitrogens is 4. The minimum Gasteiger partial charge on any atom is -0.338 e. The van der Waals surface area contributed by atoms with Gasteiger partial charge in [0.15, 0.2) is 0 Å². The van der Waals surface area contributed by atoms with Crippen molar-refractivity contribution in [2.75, 3.05) is 18.4 Å². The lowest BCUT2D eigenvalue weighted by molar-refractivity contribution is -0.121. The average molecular weight is 335 g/mol. The summed E-state index contributed by atoms with van der Waals surface area (Å²) in [5, 5.41) is 16.2. The summed E-state index contributed by atoms with van der Waals surface area (Å²) in [5.41, 5.74) is 0.564. The Bertz CT molecular complexity index is 688. The molecular formula is C14H15ClN6O2. The first-order chi connectivity index (χ1) is 11.1. The van der Waals surface area contributed by atoms with Gasteiger partial charge in [-0.2, -0.15) is 5.21 Å². The van der Waals surface area contributed by atoms with Crippen molar-refractivity contribution in [3.63, 3.8) is 0 Å². The van der Waals surface area contributed by atoms with Crippen LogP contribution in [0.15, 0.2) is 24.3 Å². The average Bonchev–Trinajstić information content (AvgIpc) is 3.08. The molecule has 9 heteroatoms. The molecular weight excluding hydrogens is 320 g/mol. The van der Waals surface area contributed by atoms with E-state index in [9.17, 15) is 9.59 Å². The smallest absolute Gasteiger partial charge is 0.269 e. The van der Waals surface area contributed by atoms with Gasteiger partial charge in [-0.25, -0.2) is 0 Å². The van der Waals surface area contributed by atoms with E-state index in [1.807, 2.05) is 0 Å². The molecule has 0 saturated carbocycles. The summed E-state index contributed by atoms with van der Waals surface area (Å²) in [5.74, 6) is -0.464. The zero-order chi connectivity index (χ0) is 16.2. The van der Waals surface area contributed by atoms with Crippen molar-refractivity contribution in [1.82, 2.24) is 25.5 Å². The quantitative estimate of drug-likeness (QED) is 0.881. The van der Waals surface area contributed by atoms with Gasteiger partial charge >= 0.3 is 0 Å². The van der Waals surface area contributed by atoms with E-state index >= 15 is 0 Å². The van der Waals surface area contributed by atoms with Crippen LogP contribution < -0.4 is 5.32 Å². The minimum atomic E-state index is -0.293. The summed E-state index contributed by atoms with van der Waals surface area (Å²) in [6, 6.07) is 6.74. The molecule has 2 amide bonds. The van der Waals surface area contributed by atoms with Crippen LogP contribution in [-0.4, -0.2) is 50.4 Å². The standard InChI is InChI=1S/C14H15ClN6O2/c15-11-5-3-9(4-6-11)13(23)21-7-1-2-10(8-21)12(22)16-14-17-19-20-18-14/h3-6,10H,1-2,7-8H2,(H2,16,17,18,19,20,22). The number of likely N-dealkylation sites (tertiary alicyclic amines) is 1. The normalized spacial score (nSPS) is 17.8. The van der Waals surface area contributed by atoms with E-state index < -0.39 is 0 Å². The van der Waals surface area contributed by atoms with Gasteiger partial charge < -0.3 is 4.90 Å². The summed E-state index contributed by atoms with van der Waals surface area (Å²) in [4.78, 5) is 26.4. The zero-order valence-electron chi connectivity index (χ0n) is 12.2. The number of hydrogen-bond acceptors (Lipinski definition) is 5. The maximum absolute atomic E-state index is 12.5. The third-order valence-corrected chi connectivity index (χ3v) is 4.00. The molecule has 2 N–H and O–H groups in total. The number of carbonyl (C=O) groups excluding carboxylic acids is 2. The van der Waals surface area contributed by atoms with Crippen LogP contribution >= 0.6 is 11.6 Å². The maximum Gasteiger partial charge on any atom is 0.269 e. The summed E-state index contributed by atoms with van der Waals surface area (Å²) in [6.45, 7) is 0.999. The van der Waals surface area contributed by atoms with Gasteiger partial charge in [0.2, 0.25) is 5.91 Å². The molecule has 1 fully saturated rings. The number of hydrogen-bond donors (Lipinski definition) is 2. The number of aromatic amines is 1. The Hall–Kier alpha value is -2.48. The van der Waals surface area contributed by atoms with Crippen molar-refractivity contribution >= 4 is 29.4 Å². The van der Waals surface area contributed by atoms with Crippen LogP contribution in [0.5, 0.6) is 0 Å². The van der Waals surface area contributed by atoms with Gasteiger partial charge in [-0.05, 0) is 42.3 Å². The number of H-pyrrole nitrogens is 1. The number of halogens is 1. The highest BCUT2D eigenvalue weighted by atomic mass is 35.5. The molecule has 0 bridgehead atoms. The van der Waals surface area contributed by atoms with Gasteiger partial charge in [-0.15, -0.1) is 5.10 Å². The third kappa shape index (κ3) is 3.65. The first-order valence-corrected chi connectivity index (χ1v) is 7.60. The first kappa shape index (κ1) is 15.4. The zero-order valence-corrected chi connectivity index (χ0v) is 13.0. The number of rotatable bonds is 3. The molecule has 1 saturated heterocycles. The minimum absolute atomic E-state index is 0.0984. The number of carbonyl (C=O) groups is 2. The molecule has 1 atom stereocenters. The van der Waals surface area contributed by atoms with Crippen molar-refractivity contribution in [2.45, 2.75) is 12.8 Å². The molecule has 3 rings (SSSR count). The molecule has 1 aromatic heterocycles. The fourth-order valence-corrected chi connectivity index (χ4v) is 2.70. The lowest BCUT2D eigenvalue weighted by Crippen LogP contribution is -2.43. The van der Waals surface area contributed by atoms with E-state index in [1.54, 1.807) is 29.2 Å². The summed E-state index contributed by atoms with van der Waals surface area (Å²) < 4.78 is 0. The Kier molecular flexibility index (Phi) is 4.52. The monoisotopic (exact) mass is 334 g/mol. The predicted octanol–water partition coefficient (Wildman–Crippen LogP) is 1.34. The number of nitrogens with one attached hydrogen (secondary N) is 2. The fourth-order valence-electron chi connectivity index (χ4n) is 2.58. The molecule has 120 valence electrons. The van der Waals surface area contributed by atoms with Gasteiger partial charge in [-0.3, -0.25) is 14.9 Å². The Morgan fingerprint density at radius 2 is 2.09 bits per heavy atom. The molecule has 23 heavy (non-hydrogen) atoms. The molecule has 0 aliphatic carbocycles. The molecule has 1 aromatic carbocycles. The Morgan fingerprint density at radius 1 is 1.30 bits per heavy atom. The van der Waals surface area contributed by atoms with Crippen LogP contribution in [0.3, 0.4) is 0 Å². The van der Waals surface area contributed by atoms with Crippen LogP contribution in [0.25, 0.3) is 0 Å². The fraction of sp³-hybridized carbons (Fsp3) is 0.357. The van der Waals surface area contributed by atoms with E-state index in [4.69, 9.17) is 11.6 Å². The SMILES string of the molecule is O=C(Nc1nn[nH]n1)C1CCCN(C(=O)c2ccc(Cl)cc2)C1. The maximum atomic E-state index is 12.5. The number of nitrogens with zero attached hydrogens (tertiary/aromatic N) is 4. The van der Waals surface area contributed by atoms with Gasteiger partial charge in [0.25, 0.3) is 11.9 Å². The number of tetrazole rings is 1. The highest BCUT2D eigenvalue weighted by Crippen LogP contribution is 2.20. The molecule has 1 aliphatic rings. The molecule has 0 radical (unpaired) electrons. The molecule has 2 aromatic rings. The van der Waals surface area contributed by atoms with Crippen molar-refractivity contribution in [3.05, 3.63) is 34.9 Å². The lowest BCUT2D eigenvalue weighted by Gasteiger charge is -2.31. The summed E-state index contributed by atoms with van der Waals surface area (Å²) in [7, 11) is 0. The highest BCUT2D eigenvalue weighted by molar-refractivity contribution is 6.30. The number of benzene rings is 1. The van der Waals surface area contributed by atoms with Gasteiger partial charge in [0, 0.05) is 23.7 Å². The third-order valence-electron chi connectivity index (χ3n) is 3.75. The molecule has 8 nitrogen and oxygen atoms in total. The van der Waals surface area contributed by atoms with E-state index in [0.717, 1.165) is 6.42 Å². The topological polar surface area (TPSA) is 104 Å². The van der Waals surface area contributed by atoms with Crippen molar-refractivity contribution in [2.24, 2.45) is 5.92 Å². The van der Waals surface area contributed by atoms with Crippen LogP contribution in [0.1, 0.15) is 23.2 Å². The van der Waals surface area contributed by atoms with E-state index in [-0.39, 0.29) is 23.7 Å². The lowest BCUT2D eigenvalue weighted by atomic mass is 9.96. The largest absolute Gasteiger partial charge is 0.338 e. The number of amides is 2. The number of piperidine rings is 1. The van der Waals surface area contributed by atoms with Crippen molar-refractivity contribution in [3.8, 4) is 0 Å². The second kappa shape index (κ2) is 6.74. The van der Waals surface area contributed by atoms with Crippen molar-refractivity contribution < 1.29 is 9.59 Å². The van der Waals surface area contributed by atoms with E-state index in [2.05, 4.69) is 25.9 Å². The highest BCUT2D eigenvalue weighted by Gasteiger charge is 2.29. The van der Waals surface area contributed by atoms with Crippen LogP contribution in [-0.2, 0) is 4.79 Å². The molecule has 1 aliphatic heterocycles. The summed E-state index contributed by atoms with van der Waals surface area (Å²) in [6.07, 6.45) is 1.48. The van der Waals surface area contributed by atoms with Crippen LogP contribution in [0.2, 0.25) is 5.02 Å². The van der Waals surface area contributed by atoms with E-state index in [1.165, 1.54) is 0 Å². The Labute approximate surface area is 137 Å². The Morgan fingerprint density at radius 3 is 2.78 bits per heavy atom. The predicted molar refractivity (Wildman–Crippen MR) is 82.9 cm³/mol. The van der Waals surface area contributed by atoms with Crippen LogP contribution in [0.4, 0.5) is 5.95 Å². The molecule has 0 spiro atoms. The summed E-state index contributed by atoms with van der Waals surface area (Å²) >= 11 is 5.84. The Balaban J connectivity index is 1.64.